The summed E-state index contributed by atoms with van der Waals surface area (Å²) in [6.45, 7) is 0.273. The van der Waals surface area contributed by atoms with Crippen molar-refractivity contribution in [3.8, 4) is 5.75 Å². The number of halogens is 1. The van der Waals surface area contributed by atoms with Gasteiger partial charge in [-0.1, -0.05) is 35.6 Å². The second-order valence-corrected chi connectivity index (χ2v) is 7.79. The number of thioether (sulfide) groups is 1. The summed E-state index contributed by atoms with van der Waals surface area (Å²) in [5.41, 5.74) is 1.32. The normalized spacial score (nSPS) is 15.8. The standard InChI is InChI=1S/C18H15ClN2O4S2/c1-25-12-4-5-13-10(8-12)7-11(16(19)20-13)9-14-17(24)21(18(26)27-14)6-2-3-15(22)23/h4-5,7-9H,2-3,6H2,1H3,(H,22,23). The zero-order chi connectivity index (χ0) is 19.6. The minimum Gasteiger partial charge on any atom is -0.497 e. The number of nitrogens with zero attached hydrogens (tertiary/aromatic N) is 2. The van der Waals surface area contributed by atoms with Crippen molar-refractivity contribution in [1.82, 2.24) is 9.88 Å². The summed E-state index contributed by atoms with van der Waals surface area (Å²) in [6, 6.07) is 7.29. The third-order valence-electron chi connectivity index (χ3n) is 3.94. The van der Waals surface area contributed by atoms with Crippen LogP contribution in [0, 0.1) is 0 Å². The van der Waals surface area contributed by atoms with Gasteiger partial charge < -0.3 is 9.84 Å². The molecule has 9 heteroatoms. The summed E-state index contributed by atoms with van der Waals surface area (Å²) >= 11 is 12.7. The van der Waals surface area contributed by atoms with Gasteiger partial charge in [-0.3, -0.25) is 14.5 Å². The van der Waals surface area contributed by atoms with Gasteiger partial charge in [0.2, 0.25) is 0 Å². The van der Waals surface area contributed by atoms with Crippen LogP contribution in [-0.2, 0) is 9.59 Å². The lowest BCUT2D eigenvalue weighted by Crippen LogP contribution is -2.29. The molecule has 0 aliphatic carbocycles. The van der Waals surface area contributed by atoms with Crippen molar-refractivity contribution in [3.63, 3.8) is 0 Å². The molecule has 1 amide bonds. The summed E-state index contributed by atoms with van der Waals surface area (Å²) in [6.07, 6.45) is 1.98. The molecule has 1 aliphatic rings. The Kier molecular flexibility index (Phi) is 5.98. The molecular weight excluding hydrogens is 408 g/mol. The second kappa shape index (κ2) is 8.24. The van der Waals surface area contributed by atoms with E-state index in [1.54, 1.807) is 19.3 Å². The van der Waals surface area contributed by atoms with E-state index in [0.29, 0.717) is 27.0 Å². The Morgan fingerprint density at radius 3 is 2.93 bits per heavy atom. The number of fused-ring (bicyclic) bond motifs is 1. The van der Waals surface area contributed by atoms with Crippen molar-refractivity contribution < 1.29 is 19.4 Å². The van der Waals surface area contributed by atoms with Crippen LogP contribution in [0.15, 0.2) is 29.2 Å². The van der Waals surface area contributed by atoms with Gasteiger partial charge >= 0.3 is 5.97 Å². The number of pyridine rings is 1. The van der Waals surface area contributed by atoms with E-state index in [1.807, 2.05) is 18.2 Å². The first kappa shape index (κ1) is 19.6. The smallest absolute Gasteiger partial charge is 0.303 e. The molecule has 3 rings (SSSR count). The Bertz CT molecular complexity index is 977. The Morgan fingerprint density at radius 1 is 1.44 bits per heavy atom. The largest absolute Gasteiger partial charge is 0.497 e. The Labute approximate surface area is 170 Å². The number of methoxy groups -OCH3 is 1. The molecular formula is C18H15ClN2O4S2. The molecule has 0 saturated carbocycles. The van der Waals surface area contributed by atoms with Crippen molar-refractivity contribution in [3.05, 3.63) is 39.9 Å². The van der Waals surface area contributed by atoms with Crippen LogP contribution in [0.5, 0.6) is 5.75 Å². The van der Waals surface area contributed by atoms with Crippen LogP contribution in [0.4, 0.5) is 0 Å². The number of carboxylic acids is 1. The van der Waals surface area contributed by atoms with Crippen LogP contribution >= 0.6 is 35.6 Å². The number of hydrogen-bond donors (Lipinski definition) is 1. The summed E-state index contributed by atoms with van der Waals surface area (Å²) in [4.78, 5) is 29.4. The molecule has 1 aromatic heterocycles. The van der Waals surface area contributed by atoms with Crippen molar-refractivity contribution >= 4 is 68.8 Å². The molecule has 0 bridgehead atoms. The monoisotopic (exact) mass is 422 g/mol. The molecule has 1 aromatic carbocycles. The van der Waals surface area contributed by atoms with Crippen molar-refractivity contribution in [1.29, 1.82) is 0 Å². The maximum absolute atomic E-state index is 12.6. The number of aliphatic carboxylic acids is 1. The lowest BCUT2D eigenvalue weighted by molar-refractivity contribution is -0.137. The molecule has 0 radical (unpaired) electrons. The number of thiocarbonyl (C=S) groups is 1. The van der Waals surface area contributed by atoms with Crippen LogP contribution in [0.1, 0.15) is 18.4 Å². The first-order chi connectivity index (χ1) is 12.9. The van der Waals surface area contributed by atoms with Crippen LogP contribution in [0.2, 0.25) is 5.15 Å². The zero-order valence-corrected chi connectivity index (χ0v) is 16.7. The number of ether oxygens (including phenoxy) is 1. The highest BCUT2D eigenvalue weighted by Crippen LogP contribution is 2.34. The molecule has 1 aliphatic heterocycles. The van der Waals surface area contributed by atoms with E-state index in [1.165, 1.54) is 16.7 Å². The van der Waals surface area contributed by atoms with Crippen molar-refractivity contribution in [2.75, 3.05) is 13.7 Å². The van der Waals surface area contributed by atoms with Crippen LogP contribution in [0.25, 0.3) is 17.0 Å². The van der Waals surface area contributed by atoms with E-state index in [4.69, 9.17) is 33.7 Å². The zero-order valence-electron chi connectivity index (χ0n) is 14.3. The SMILES string of the molecule is COc1ccc2nc(Cl)c(C=C3SC(=S)N(CCCC(=O)O)C3=O)cc2c1. The average molecular weight is 423 g/mol. The van der Waals surface area contributed by atoms with Crippen LogP contribution < -0.4 is 4.74 Å². The maximum atomic E-state index is 12.6. The van der Waals surface area contributed by atoms with Gasteiger partial charge in [0.05, 0.1) is 17.5 Å². The molecule has 2 aromatic rings. The number of hydrogen-bond acceptors (Lipinski definition) is 6. The van der Waals surface area contributed by atoms with E-state index in [-0.39, 0.29) is 24.0 Å². The molecule has 2 heterocycles. The van der Waals surface area contributed by atoms with Crippen molar-refractivity contribution in [2.45, 2.75) is 12.8 Å². The molecule has 1 fully saturated rings. The lowest BCUT2D eigenvalue weighted by atomic mass is 10.1. The van der Waals surface area contributed by atoms with E-state index >= 15 is 0 Å². The van der Waals surface area contributed by atoms with Crippen molar-refractivity contribution in [2.24, 2.45) is 0 Å². The third-order valence-corrected chi connectivity index (χ3v) is 5.62. The van der Waals surface area contributed by atoms with Gasteiger partial charge in [0.1, 0.15) is 15.2 Å². The fourth-order valence-corrected chi connectivity index (χ4v) is 4.10. The molecule has 0 spiro atoms. The number of carboxylic acid groups (broad SMARTS) is 1. The van der Waals surface area contributed by atoms with E-state index in [2.05, 4.69) is 4.98 Å². The van der Waals surface area contributed by atoms with E-state index in [0.717, 1.165) is 10.9 Å². The molecule has 6 nitrogen and oxygen atoms in total. The number of amides is 1. The number of aromatic nitrogens is 1. The minimum atomic E-state index is -0.902. The first-order valence-corrected chi connectivity index (χ1v) is 9.61. The van der Waals surface area contributed by atoms with Gasteiger partial charge in [-0.15, -0.1) is 0 Å². The summed E-state index contributed by atoms with van der Waals surface area (Å²) in [5.74, 6) is -0.458. The highest BCUT2D eigenvalue weighted by molar-refractivity contribution is 8.26. The Hall–Kier alpha value is -2.16. The number of carbonyl (C=O) groups excluding carboxylic acids is 1. The predicted molar refractivity (Wildman–Crippen MR) is 110 cm³/mol. The third kappa shape index (κ3) is 4.40. The summed E-state index contributed by atoms with van der Waals surface area (Å²) in [5, 5.41) is 9.85. The topological polar surface area (TPSA) is 79.7 Å². The summed E-state index contributed by atoms with van der Waals surface area (Å²) < 4.78 is 5.63. The Morgan fingerprint density at radius 2 is 2.22 bits per heavy atom. The fourth-order valence-electron chi connectivity index (χ4n) is 2.60. The van der Waals surface area contributed by atoms with E-state index in [9.17, 15) is 9.59 Å². The van der Waals surface area contributed by atoms with Gasteiger partial charge in [-0.25, -0.2) is 4.98 Å². The highest BCUT2D eigenvalue weighted by Gasteiger charge is 2.31. The molecule has 140 valence electrons. The maximum Gasteiger partial charge on any atom is 0.303 e. The van der Waals surface area contributed by atoms with Crippen LogP contribution in [-0.4, -0.2) is 44.8 Å². The minimum absolute atomic E-state index is 0.0155. The number of rotatable bonds is 6. The molecule has 0 unspecified atom stereocenters. The van der Waals surface area contributed by atoms with Gasteiger partial charge in [0.25, 0.3) is 5.91 Å². The highest BCUT2D eigenvalue weighted by atomic mass is 35.5. The predicted octanol–water partition coefficient (Wildman–Crippen LogP) is 3.96. The number of carbonyl (C=O) groups is 2. The average Bonchev–Trinajstić information content (AvgIpc) is 2.89. The van der Waals surface area contributed by atoms with Crippen LogP contribution in [0.3, 0.4) is 0 Å². The van der Waals surface area contributed by atoms with E-state index < -0.39 is 5.97 Å². The van der Waals surface area contributed by atoms with Gasteiger partial charge in [-0.2, -0.15) is 0 Å². The van der Waals surface area contributed by atoms with Gasteiger partial charge in [0, 0.05) is 23.9 Å². The molecule has 27 heavy (non-hydrogen) atoms. The first-order valence-electron chi connectivity index (χ1n) is 8.00. The lowest BCUT2D eigenvalue weighted by Gasteiger charge is -2.13. The second-order valence-electron chi connectivity index (χ2n) is 5.76. The molecule has 0 atom stereocenters. The Balaban J connectivity index is 1.87. The quantitative estimate of drug-likeness (QED) is 0.428. The number of benzene rings is 1. The molecule has 1 saturated heterocycles. The fraction of sp³-hybridized carbons (Fsp3) is 0.222. The molecule has 1 N–H and O–H groups in total. The van der Waals surface area contributed by atoms with Gasteiger partial charge in [0.15, 0.2) is 0 Å². The summed E-state index contributed by atoms with van der Waals surface area (Å²) in [7, 11) is 1.58. The van der Waals surface area contributed by atoms with Gasteiger partial charge in [-0.05, 0) is 36.8 Å².